The average molecular weight is 688 g/mol. The Balaban J connectivity index is 1.19. The molecule has 0 amide bonds. The summed E-state index contributed by atoms with van der Waals surface area (Å²) in [5.74, 6) is 0.740. The molecule has 0 unspecified atom stereocenters. The van der Waals surface area contributed by atoms with E-state index in [1.807, 2.05) is 0 Å². The van der Waals surface area contributed by atoms with E-state index in [1.54, 1.807) is 13.8 Å². The highest BCUT2D eigenvalue weighted by molar-refractivity contribution is 5.67. The molecule has 2 spiro atoms. The number of morpholine rings is 1. The van der Waals surface area contributed by atoms with Crippen LogP contribution in [-0.2, 0) is 33.3 Å². The van der Waals surface area contributed by atoms with E-state index in [4.69, 9.17) is 23.7 Å². The first-order valence-electron chi connectivity index (χ1n) is 19.6. The highest BCUT2D eigenvalue weighted by Gasteiger charge is 2.85. The summed E-state index contributed by atoms with van der Waals surface area (Å²) in [6.45, 7) is 24.2. The highest BCUT2D eigenvalue weighted by Crippen LogP contribution is 2.89. The molecule has 0 aromatic rings. The van der Waals surface area contributed by atoms with Crippen molar-refractivity contribution in [3.05, 3.63) is 0 Å². The molecule has 0 aromatic heterocycles. The molecule has 0 aromatic carbocycles. The predicted molar refractivity (Wildman–Crippen MR) is 184 cm³/mol. The largest absolute Gasteiger partial charge is 0.459 e. The first kappa shape index (κ1) is 36.1. The molecule has 2 saturated heterocycles. The zero-order chi connectivity index (χ0) is 35.5. The van der Waals surface area contributed by atoms with Gasteiger partial charge in [0, 0.05) is 32.4 Å². The average Bonchev–Trinajstić information content (AvgIpc) is 3.64. The highest BCUT2D eigenvalue weighted by atomic mass is 16.7. The fourth-order valence-electron chi connectivity index (χ4n) is 14.2. The molecular formula is C40H65NO8. The molecule has 5 saturated carbocycles. The molecular weight excluding hydrogens is 622 g/mol. The van der Waals surface area contributed by atoms with Crippen LogP contribution in [0.3, 0.4) is 0 Å². The summed E-state index contributed by atoms with van der Waals surface area (Å²) >= 11 is 0. The fourth-order valence-corrected chi connectivity index (χ4v) is 14.2. The molecule has 0 radical (unpaired) electrons. The minimum absolute atomic E-state index is 0.0405. The topological polar surface area (TPSA) is 104 Å². The molecule has 14 atom stereocenters. The number of fused-ring (bicyclic) bond motifs is 4. The Morgan fingerprint density at radius 2 is 1.69 bits per heavy atom. The van der Waals surface area contributed by atoms with E-state index >= 15 is 0 Å². The van der Waals surface area contributed by atoms with Gasteiger partial charge in [0.25, 0.3) is 0 Å². The molecule has 1 N–H and O–H groups in total. The van der Waals surface area contributed by atoms with Gasteiger partial charge in [-0.1, -0.05) is 41.5 Å². The summed E-state index contributed by atoms with van der Waals surface area (Å²) in [6, 6.07) is 0. The number of nitrogens with zero attached hydrogens (tertiary/aromatic N) is 1. The maximum Gasteiger partial charge on any atom is 0.303 e. The van der Waals surface area contributed by atoms with Crippen LogP contribution < -0.4 is 0 Å². The third-order valence-electron chi connectivity index (χ3n) is 16.2. The van der Waals surface area contributed by atoms with Gasteiger partial charge < -0.3 is 28.8 Å². The number of esters is 2. The summed E-state index contributed by atoms with van der Waals surface area (Å²) in [4.78, 5) is 27.6. The van der Waals surface area contributed by atoms with Gasteiger partial charge in [0.2, 0.25) is 0 Å². The molecule has 7 aliphatic rings. The number of carbonyl (C=O) groups excluding carboxylic acids is 2. The first-order chi connectivity index (χ1) is 22.9. The van der Waals surface area contributed by atoms with Crippen LogP contribution in [0.5, 0.6) is 0 Å². The lowest BCUT2D eigenvalue weighted by Crippen LogP contribution is -2.60. The summed E-state index contributed by atoms with van der Waals surface area (Å²) < 4.78 is 32.3. The fraction of sp³-hybridized carbons (Fsp3) is 0.950. The molecule has 2 aliphatic heterocycles. The molecule has 0 bridgehead atoms. The van der Waals surface area contributed by atoms with Crippen molar-refractivity contribution in [2.24, 2.45) is 50.7 Å². The smallest absolute Gasteiger partial charge is 0.303 e. The molecule has 278 valence electrons. The molecule has 9 nitrogen and oxygen atoms in total. The first-order valence-corrected chi connectivity index (χ1v) is 19.6. The lowest BCUT2D eigenvalue weighted by atomic mass is 9.41. The van der Waals surface area contributed by atoms with E-state index in [2.05, 4.69) is 46.4 Å². The second kappa shape index (κ2) is 11.9. The Kier molecular flexibility index (Phi) is 8.75. The standard InChI is InChI=1S/C40H65NO8/c1-11-41-18-19-45-30(21-41)49-29-14-15-39-22-40(39)17-16-37(9)31-23(2)20-26(33(36(7,8)44)46-24(3)42)48-32(31)34(47-25(4)43)38(37,10)28(40)13-12-27(39)35(29,5)6/h23,26-34,44H,11-22H2,1-10H3/t23-,26-,27+,28+,29+,30+,31+,32+,33+,34+,37-,38-,39-,40+/m1/s1. The van der Waals surface area contributed by atoms with Crippen LogP contribution in [0.25, 0.3) is 0 Å². The monoisotopic (exact) mass is 687 g/mol. The lowest BCUT2D eigenvalue weighted by Gasteiger charge is -2.64. The van der Waals surface area contributed by atoms with Crippen LogP contribution >= 0.6 is 0 Å². The number of carbonyl (C=O) groups is 2. The van der Waals surface area contributed by atoms with E-state index in [9.17, 15) is 14.7 Å². The van der Waals surface area contributed by atoms with Crippen molar-refractivity contribution in [1.29, 1.82) is 0 Å². The Morgan fingerprint density at radius 1 is 1.00 bits per heavy atom. The number of hydrogen-bond acceptors (Lipinski definition) is 9. The van der Waals surface area contributed by atoms with Gasteiger partial charge in [0.05, 0.1) is 30.5 Å². The minimum atomic E-state index is -1.28. The van der Waals surface area contributed by atoms with Crippen molar-refractivity contribution < 1.29 is 38.4 Å². The Labute approximate surface area is 294 Å². The van der Waals surface area contributed by atoms with Gasteiger partial charge in [-0.15, -0.1) is 0 Å². The third-order valence-corrected chi connectivity index (χ3v) is 16.2. The summed E-state index contributed by atoms with van der Waals surface area (Å²) in [6.07, 6.45) is 6.77. The summed E-state index contributed by atoms with van der Waals surface area (Å²) in [5, 5.41) is 11.1. The van der Waals surface area contributed by atoms with Gasteiger partial charge in [-0.25, -0.2) is 0 Å². The van der Waals surface area contributed by atoms with Crippen molar-refractivity contribution in [2.75, 3.05) is 26.2 Å². The van der Waals surface area contributed by atoms with Crippen molar-refractivity contribution in [3.8, 4) is 0 Å². The van der Waals surface area contributed by atoms with Crippen LogP contribution in [0, 0.1) is 50.7 Å². The minimum Gasteiger partial charge on any atom is -0.459 e. The van der Waals surface area contributed by atoms with E-state index in [0.29, 0.717) is 18.3 Å². The summed E-state index contributed by atoms with van der Waals surface area (Å²) in [7, 11) is 0. The van der Waals surface area contributed by atoms with Gasteiger partial charge in [0.15, 0.2) is 12.4 Å². The molecule has 49 heavy (non-hydrogen) atoms. The van der Waals surface area contributed by atoms with Crippen LogP contribution in [0.4, 0.5) is 0 Å². The Morgan fingerprint density at radius 3 is 2.35 bits per heavy atom. The van der Waals surface area contributed by atoms with Crippen LogP contribution in [0.2, 0.25) is 0 Å². The maximum atomic E-state index is 13.0. The predicted octanol–water partition coefficient (Wildman–Crippen LogP) is 6.14. The van der Waals surface area contributed by atoms with Gasteiger partial charge in [-0.05, 0) is 117 Å². The van der Waals surface area contributed by atoms with E-state index in [1.165, 1.54) is 33.1 Å². The number of likely N-dealkylation sites (N-methyl/N-ethyl adjacent to an activating group) is 1. The second-order valence-electron chi connectivity index (χ2n) is 19.1. The van der Waals surface area contributed by atoms with Gasteiger partial charge in [-0.2, -0.15) is 0 Å². The quantitative estimate of drug-likeness (QED) is 0.317. The number of ether oxygens (including phenoxy) is 5. The van der Waals surface area contributed by atoms with E-state index in [0.717, 1.165) is 51.9 Å². The van der Waals surface area contributed by atoms with Crippen LogP contribution in [-0.4, -0.2) is 90.6 Å². The van der Waals surface area contributed by atoms with Gasteiger partial charge >= 0.3 is 11.9 Å². The van der Waals surface area contributed by atoms with E-state index in [-0.39, 0.29) is 63.4 Å². The van der Waals surface area contributed by atoms with Crippen LogP contribution in [0.1, 0.15) is 121 Å². The molecule has 9 heteroatoms. The zero-order valence-electron chi connectivity index (χ0n) is 32.0. The third kappa shape index (κ3) is 5.15. The van der Waals surface area contributed by atoms with Gasteiger partial charge in [0.1, 0.15) is 6.10 Å². The Bertz CT molecular complexity index is 1310. The van der Waals surface area contributed by atoms with E-state index < -0.39 is 29.9 Å². The number of hydrogen-bond donors (Lipinski definition) is 1. The maximum absolute atomic E-state index is 13.0. The normalized spacial score (nSPS) is 49.3. The Hall–Kier alpha value is -1.26. The second-order valence-corrected chi connectivity index (χ2v) is 19.1. The van der Waals surface area contributed by atoms with Crippen molar-refractivity contribution >= 4 is 11.9 Å². The van der Waals surface area contributed by atoms with Crippen LogP contribution in [0.15, 0.2) is 0 Å². The lowest BCUT2D eigenvalue weighted by molar-refractivity contribution is -0.249. The molecule has 5 aliphatic carbocycles. The number of rotatable bonds is 7. The zero-order valence-corrected chi connectivity index (χ0v) is 32.0. The van der Waals surface area contributed by atoms with Crippen molar-refractivity contribution in [1.82, 2.24) is 4.90 Å². The number of aliphatic hydroxyl groups is 1. The molecule has 2 heterocycles. The van der Waals surface area contributed by atoms with Crippen molar-refractivity contribution in [3.63, 3.8) is 0 Å². The molecule has 7 rings (SSSR count). The van der Waals surface area contributed by atoms with Gasteiger partial charge in [-0.3, -0.25) is 14.5 Å². The molecule has 7 fully saturated rings. The van der Waals surface area contributed by atoms with Crippen molar-refractivity contribution in [2.45, 2.75) is 163 Å². The summed E-state index contributed by atoms with van der Waals surface area (Å²) in [5.41, 5.74) is -1.08. The SMILES string of the molecule is CCN1CCO[C@@H](O[C@H]2CC[C@]34C[C@]35CC[C@]3(C)[C@@H]6[C@H](O[C@@H]([C@H](OC(C)=O)C(C)(C)O)C[C@H]6C)[C@H](OC(C)=O)[C@@]3(C)[C@@H]5CC[C@H]4C2(C)C)C1.